The van der Waals surface area contributed by atoms with Crippen molar-refractivity contribution in [3.8, 4) is 0 Å². The van der Waals surface area contributed by atoms with Crippen LogP contribution in [0, 0.1) is 23.7 Å². The third-order valence-electron chi connectivity index (χ3n) is 6.10. The SMILES string of the molecule is C.C.CC1=CCC(C)CC1.CC1=CCC(C)CC1.CC1CCC(C)CC1.[HH]. The van der Waals surface area contributed by atoms with Crippen LogP contribution in [0.3, 0.4) is 0 Å². The molecule has 0 aromatic rings. The van der Waals surface area contributed by atoms with Crippen molar-refractivity contribution in [2.24, 2.45) is 23.7 Å². The van der Waals surface area contributed by atoms with E-state index in [2.05, 4.69) is 53.7 Å². The molecular weight excluding hydrogens is 312 g/mol. The van der Waals surface area contributed by atoms with Crippen LogP contribution >= 0.6 is 0 Å². The van der Waals surface area contributed by atoms with Crippen LogP contribution in [0.4, 0.5) is 0 Å². The summed E-state index contributed by atoms with van der Waals surface area (Å²) in [6.45, 7) is 13.8. The van der Waals surface area contributed by atoms with Gasteiger partial charge in [-0.2, -0.15) is 0 Å². The molecule has 158 valence electrons. The van der Waals surface area contributed by atoms with Gasteiger partial charge in [-0.05, 0) is 76.0 Å². The van der Waals surface area contributed by atoms with E-state index in [1.807, 2.05) is 0 Å². The van der Waals surface area contributed by atoms with Crippen LogP contribution in [0.25, 0.3) is 0 Å². The maximum atomic E-state index is 2.37. The van der Waals surface area contributed by atoms with Crippen LogP contribution in [-0.4, -0.2) is 0 Å². The predicted octanol–water partition coefficient (Wildman–Crippen LogP) is 9.86. The fourth-order valence-electron chi connectivity index (χ4n) is 3.62. The topological polar surface area (TPSA) is 0 Å². The lowest BCUT2D eigenvalue weighted by Crippen LogP contribution is -2.08. The third kappa shape index (κ3) is 13.7. The van der Waals surface area contributed by atoms with E-state index in [4.69, 9.17) is 0 Å². The van der Waals surface area contributed by atoms with E-state index in [1.54, 1.807) is 11.1 Å². The Bertz CT molecular complexity index is 347. The van der Waals surface area contributed by atoms with Crippen LogP contribution in [0.1, 0.15) is 122 Å². The molecule has 0 amide bonds. The highest BCUT2D eigenvalue weighted by molar-refractivity contribution is 5.02. The van der Waals surface area contributed by atoms with Crippen molar-refractivity contribution >= 4 is 0 Å². The van der Waals surface area contributed by atoms with Crippen LogP contribution in [0.5, 0.6) is 0 Å². The zero-order chi connectivity index (χ0) is 17.9. The Hall–Kier alpha value is -0.520. The Morgan fingerprint density at radius 1 is 0.577 bits per heavy atom. The molecule has 26 heavy (non-hydrogen) atoms. The second-order valence-corrected chi connectivity index (χ2v) is 9.23. The molecule has 0 radical (unpaired) electrons. The van der Waals surface area contributed by atoms with Gasteiger partial charge in [0.05, 0.1) is 0 Å². The van der Waals surface area contributed by atoms with Crippen LogP contribution < -0.4 is 0 Å². The Labute approximate surface area is 169 Å². The molecule has 2 unspecified atom stereocenters. The molecule has 3 aliphatic carbocycles. The second kappa shape index (κ2) is 15.5. The van der Waals surface area contributed by atoms with Crippen molar-refractivity contribution < 1.29 is 1.43 Å². The summed E-state index contributed by atoms with van der Waals surface area (Å²) in [6, 6.07) is 0. The van der Waals surface area contributed by atoms with Gasteiger partial charge in [0.15, 0.2) is 0 Å². The molecule has 0 aromatic heterocycles. The zero-order valence-electron chi connectivity index (χ0n) is 17.5. The van der Waals surface area contributed by atoms with Gasteiger partial charge in [0.1, 0.15) is 0 Å². The van der Waals surface area contributed by atoms with Crippen molar-refractivity contribution in [3.63, 3.8) is 0 Å². The fourth-order valence-corrected chi connectivity index (χ4v) is 3.62. The molecule has 0 nitrogen and oxygen atoms in total. The van der Waals surface area contributed by atoms with Crippen molar-refractivity contribution in [2.45, 2.75) is 121 Å². The number of rotatable bonds is 0. The molecular formula is C26H54. The van der Waals surface area contributed by atoms with Gasteiger partial charge in [0, 0.05) is 1.43 Å². The van der Waals surface area contributed by atoms with Gasteiger partial charge in [0.2, 0.25) is 0 Å². The molecule has 1 saturated carbocycles. The lowest BCUT2D eigenvalue weighted by Gasteiger charge is -2.22. The molecule has 0 bridgehead atoms. The highest BCUT2D eigenvalue weighted by Gasteiger charge is 2.13. The van der Waals surface area contributed by atoms with E-state index in [9.17, 15) is 0 Å². The number of hydrogen-bond donors (Lipinski definition) is 0. The summed E-state index contributed by atoms with van der Waals surface area (Å²) < 4.78 is 0. The third-order valence-corrected chi connectivity index (χ3v) is 6.10. The first-order chi connectivity index (χ1) is 11.4. The fraction of sp³-hybridized carbons (Fsp3) is 0.846. The quantitative estimate of drug-likeness (QED) is 0.374. The summed E-state index contributed by atoms with van der Waals surface area (Å²) in [6.07, 6.45) is 18.7. The lowest BCUT2D eigenvalue weighted by molar-refractivity contribution is 0.308. The Morgan fingerprint density at radius 3 is 1.08 bits per heavy atom. The van der Waals surface area contributed by atoms with E-state index in [0.29, 0.717) is 0 Å². The van der Waals surface area contributed by atoms with Crippen molar-refractivity contribution in [2.75, 3.05) is 0 Å². The molecule has 3 aliphatic rings. The number of hydrogen-bond acceptors (Lipinski definition) is 0. The van der Waals surface area contributed by atoms with E-state index < -0.39 is 0 Å². The summed E-state index contributed by atoms with van der Waals surface area (Å²) in [5.41, 5.74) is 3.17. The highest BCUT2D eigenvalue weighted by atomic mass is 14.2. The van der Waals surface area contributed by atoms with Gasteiger partial charge < -0.3 is 0 Å². The molecule has 0 saturated heterocycles. The molecule has 2 atom stereocenters. The summed E-state index contributed by atoms with van der Waals surface area (Å²) in [5.74, 6) is 3.93. The first-order valence-corrected chi connectivity index (χ1v) is 10.7. The van der Waals surface area contributed by atoms with Crippen molar-refractivity contribution in [1.29, 1.82) is 0 Å². The van der Waals surface area contributed by atoms with Crippen molar-refractivity contribution in [3.05, 3.63) is 23.3 Å². The lowest BCUT2D eigenvalue weighted by atomic mass is 9.84. The normalized spacial score (nSPS) is 30.5. The van der Waals surface area contributed by atoms with E-state index in [-0.39, 0.29) is 16.3 Å². The van der Waals surface area contributed by atoms with Gasteiger partial charge >= 0.3 is 0 Å². The minimum atomic E-state index is 0. The minimum Gasteiger partial charge on any atom is -0.0853 e. The molecule has 0 heteroatoms. The summed E-state index contributed by atoms with van der Waals surface area (Å²) in [4.78, 5) is 0. The smallest absolute Gasteiger partial charge is 0 e. The maximum Gasteiger partial charge on any atom is 0 e. The predicted molar refractivity (Wildman–Crippen MR) is 126 cm³/mol. The van der Waals surface area contributed by atoms with E-state index in [0.717, 1.165) is 23.7 Å². The molecule has 0 aromatic carbocycles. The number of allylic oxidation sites excluding steroid dienone is 4. The van der Waals surface area contributed by atoms with Gasteiger partial charge in [-0.1, -0.05) is 91.5 Å². The molecule has 0 aliphatic heterocycles. The Balaban J connectivity index is -0.000000303. The largest absolute Gasteiger partial charge is 0.0853 e. The average Bonchev–Trinajstić information content (AvgIpc) is 2.57. The van der Waals surface area contributed by atoms with E-state index in [1.165, 1.54) is 64.2 Å². The molecule has 0 N–H and O–H groups in total. The molecule has 0 heterocycles. The monoisotopic (exact) mass is 366 g/mol. The standard InChI is InChI=1S/C8H16.2C8H14.2CH4.H2/c3*1-7-3-5-8(2)6-4-7;;;/h7-8H,3-6H2,1-2H3;2*3,8H,4-6H2,1-2H3;2*1H4;1H. The van der Waals surface area contributed by atoms with Gasteiger partial charge in [-0.25, -0.2) is 0 Å². The summed E-state index contributed by atoms with van der Waals surface area (Å²) in [5, 5.41) is 0. The maximum absolute atomic E-state index is 2.37. The summed E-state index contributed by atoms with van der Waals surface area (Å²) in [7, 11) is 0. The van der Waals surface area contributed by atoms with Crippen LogP contribution in [-0.2, 0) is 0 Å². The molecule has 1 fully saturated rings. The average molecular weight is 367 g/mol. The first-order valence-electron chi connectivity index (χ1n) is 10.7. The zero-order valence-corrected chi connectivity index (χ0v) is 17.5. The minimum absolute atomic E-state index is 0. The molecule has 0 spiro atoms. The van der Waals surface area contributed by atoms with E-state index >= 15 is 0 Å². The van der Waals surface area contributed by atoms with Crippen molar-refractivity contribution in [1.82, 2.24) is 0 Å². The molecule has 3 rings (SSSR count). The van der Waals surface area contributed by atoms with Gasteiger partial charge in [0.25, 0.3) is 0 Å². The first kappa shape index (κ1) is 27.7. The Kier molecular flexibility index (Phi) is 16.5. The second-order valence-electron chi connectivity index (χ2n) is 9.23. The van der Waals surface area contributed by atoms with Gasteiger partial charge in [-0.15, -0.1) is 0 Å². The Morgan fingerprint density at radius 2 is 0.885 bits per heavy atom. The van der Waals surface area contributed by atoms with Crippen LogP contribution in [0.15, 0.2) is 23.3 Å². The summed E-state index contributed by atoms with van der Waals surface area (Å²) >= 11 is 0. The highest BCUT2D eigenvalue weighted by Crippen LogP contribution is 2.27. The van der Waals surface area contributed by atoms with Crippen LogP contribution in [0.2, 0.25) is 0 Å². The van der Waals surface area contributed by atoms with Gasteiger partial charge in [-0.3, -0.25) is 0 Å².